The van der Waals surface area contributed by atoms with E-state index in [9.17, 15) is 9.90 Å². The summed E-state index contributed by atoms with van der Waals surface area (Å²) in [5.74, 6) is 0.0596. The lowest BCUT2D eigenvalue weighted by Crippen LogP contribution is -2.40. The minimum Gasteiger partial charge on any atom is -0.438 e. The summed E-state index contributed by atoms with van der Waals surface area (Å²) in [5, 5.41) is 10.3. The van der Waals surface area contributed by atoms with E-state index in [1.807, 2.05) is 13.8 Å². The van der Waals surface area contributed by atoms with Gasteiger partial charge in [0.15, 0.2) is 6.39 Å². The maximum atomic E-state index is 12.2. The number of nitrogens with zero attached hydrogens (tertiary/aromatic N) is 2. The van der Waals surface area contributed by atoms with Crippen LogP contribution in [-0.2, 0) is 0 Å². The fraction of sp³-hybridized carbons (Fsp3) is 0.667. The van der Waals surface area contributed by atoms with E-state index in [-0.39, 0.29) is 17.1 Å². The highest BCUT2D eigenvalue weighted by molar-refractivity contribution is 5.92. The third-order valence-electron chi connectivity index (χ3n) is 3.77. The molecule has 0 aromatic carbocycles. The van der Waals surface area contributed by atoms with Crippen molar-refractivity contribution in [2.75, 3.05) is 13.1 Å². The van der Waals surface area contributed by atoms with Gasteiger partial charge in [-0.3, -0.25) is 4.79 Å². The molecule has 0 aliphatic carbocycles. The van der Waals surface area contributed by atoms with Crippen LogP contribution >= 0.6 is 0 Å². The highest BCUT2D eigenvalue weighted by Gasteiger charge is 2.49. The quantitative estimate of drug-likeness (QED) is 0.798. The van der Waals surface area contributed by atoms with E-state index in [0.717, 1.165) is 0 Å². The molecule has 0 unspecified atom stereocenters. The number of aryl methyl sites for hydroxylation is 1. The van der Waals surface area contributed by atoms with Crippen molar-refractivity contribution in [1.82, 2.24) is 9.88 Å². The molecule has 0 bridgehead atoms. The zero-order valence-electron chi connectivity index (χ0n) is 10.6. The molecule has 1 aromatic heterocycles. The number of aliphatic hydroxyl groups is 1. The van der Waals surface area contributed by atoms with Gasteiger partial charge in [0.05, 0.1) is 17.8 Å². The average molecular weight is 238 g/mol. The number of hydrogen-bond acceptors (Lipinski definition) is 4. The number of likely N-dealkylation sites (tertiary alicyclic amines) is 1. The lowest BCUT2D eigenvalue weighted by atomic mass is 9.79. The minimum atomic E-state index is -0.878. The topological polar surface area (TPSA) is 66.6 Å². The Labute approximate surface area is 100 Å². The van der Waals surface area contributed by atoms with Crippen LogP contribution in [-0.4, -0.2) is 39.6 Å². The van der Waals surface area contributed by atoms with Crippen LogP contribution < -0.4 is 0 Å². The summed E-state index contributed by atoms with van der Waals surface area (Å²) >= 11 is 0. The largest absolute Gasteiger partial charge is 0.438 e. The van der Waals surface area contributed by atoms with E-state index in [4.69, 9.17) is 4.42 Å². The van der Waals surface area contributed by atoms with Crippen molar-refractivity contribution in [3.63, 3.8) is 0 Å². The first kappa shape index (κ1) is 12.1. The van der Waals surface area contributed by atoms with Gasteiger partial charge in [-0.25, -0.2) is 4.98 Å². The Morgan fingerprint density at radius 2 is 2.12 bits per heavy atom. The number of carbonyl (C=O) groups is 1. The molecule has 1 aliphatic rings. The number of β-amino-alcohol motifs (C(OH)–C–C–N with tert-alkyl or cyclic N) is 1. The van der Waals surface area contributed by atoms with Crippen molar-refractivity contribution < 1.29 is 14.3 Å². The third kappa shape index (κ3) is 1.84. The number of hydrogen-bond donors (Lipinski definition) is 1. The zero-order valence-corrected chi connectivity index (χ0v) is 10.6. The van der Waals surface area contributed by atoms with Gasteiger partial charge in [-0.15, -0.1) is 0 Å². The molecule has 1 fully saturated rings. The first-order valence-corrected chi connectivity index (χ1v) is 5.66. The second-order valence-electron chi connectivity index (χ2n) is 5.59. The van der Waals surface area contributed by atoms with Gasteiger partial charge in [0.1, 0.15) is 0 Å². The summed E-state index contributed by atoms with van der Waals surface area (Å²) < 4.78 is 5.09. The number of amides is 1. The van der Waals surface area contributed by atoms with Crippen molar-refractivity contribution in [3.8, 4) is 0 Å². The maximum absolute atomic E-state index is 12.2. The van der Waals surface area contributed by atoms with Crippen LogP contribution in [0.4, 0.5) is 0 Å². The van der Waals surface area contributed by atoms with Crippen molar-refractivity contribution in [2.45, 2.75) is 33.3 Å². The third-order valence-corrected chi connectivity index (χ3v) is 3.77. The SMILES string of the molecule is Cc1ncoc1C(=O)N1CC(C)(C)[C@](C)(O)C1. The summed E-state index contributed by atoms with van der Waals surface area (Å²) in [4.78, 5) is 17.7. The van der Waals surface area contributed by atoms with Gasteiger partial charge >= 0.3 is 0 Å². The summed E-state index contributed by atoms with van der Waals surface area (Å²) in [6, 6.07) is 0. The molecule has 1 amide bonds. The van der Waals surface area contributed by atoms with E-state index in [0.29, 0.717) is 18.8 Å². The molecule has 0 saturated carbocycles. The molecule has 1 saturated heterocycles. The monoisotopic (exact) mass is 238 g/mol. The fourth-order valence-corrected chi connectivity index (χ4v) is 2.08. The lowest BCUT2D eigenvalue weighted by molar-refractivity contribution is -0.0108. The van der Waals surface area contributed by atoms with E-state index >= 15 is 0 Å². The van der Waals surface area contributed by atoms with Gasteiger partial charge in [0, 0.05) is 12.0 Å². The number of rotatable bonds is 1. The first-order valence-electron chi connectivity index (χ1n) is 5.66. The summed E-state index contributed by atoms with van der Waals surface area (Å²) in [7, 11) is 0. The number of aromatic nitrogens is 1. The molecule has 1 aliphatic heterocycles. The molecule has 2 heterocycles. The fourth-order valence-electron chi connectivity index (χ4n) is 2.08. The van der Waals surface area contributed by atoms with Crippen molar-refractivity contribution in [1.29, 1.82) is 0 Å². The summed E-state index contributed by atoms with van der Waals surface area (Å²) in [5.41, 5.74) is -0.618. The first-order chi connectivity index (χ1) is 7.74. The van der Waals surface area contributed by atoms with Crippen LogP contribution in [0.2, 0.25) is 0 Å². The number of carbonyl (C=O) groups excluding carboxylic acids is 1. The summed E-state index contributed by atoms with van der Waals surface area (Å²) in [6.45, 7) is 8.22. The molecule has 1 atom stereocenters. The Balaban J connectivity index is 2.23. The molecule has 5 nitrogen and oxygen atoms in total. The van der Waals surface area contributed by atoms with Crippen molar-refractivity contribution in [3.05, 3.63) is 17.8 Å². The van der Waals surface area contributed by atoms with E-state index in [2.05, 4.69) is 4.98 Å². The van der Waals surface area contributed by atoms with Crippen molar-refractivity contribution in [2.24, 2.45) is 5.41 Å². The van der Waals surface area contributed by atoms with Crippen LogP contribution in [0, 0.1) is 12.3 Å². The Kier molecular flexibility index (Phi) is 2.54. The maximum Gasteiger partial charge on any atom is 0.291 e. The van der Waals surface area contributed by atoms with Crippen LogP contribution in [0.25, 0.3) is 0 Å². The Bertz CT molecular complexity index is 432. The van der Waals surface area contributed by atoms with Gasteiger partial charge in [-0.2, -0.15) is 0 Å². The second-order valence-corrected chi connectivity index (χ2v) is 5.59. The molecule has 0 radical (unpaired) electrons. The van der Waals surface area contributed by atoms with Crippen LogP contribution in [0.1, 0.15) is 37.0 Å². The van der Waals surface area contributed by atoms with Gasteiger partial charge in [0.2, 0.25) is 5.76 Å². The highest BCUT2D eigenvalue weighted by atomic mass is 16.4. The van der Waals surface area contributed by atoms with Gasteiger partial charge in [0.25, 0.3) is 5.91 Å². The van der Waals surface area contributed by atoms with E-state index in [1.54, 1.807) is 18.7 Å². The molecule has 1 aromatic rings. The molecular weight excluding hydrogens is 220 g/mol. The minimum absolute atomic E-state index is 0.203. The van der Waals surface area contributed by atoms with Gasteiger partial charge in [-0.1, -0.05) is 13.8 Å². The molecule has 2 rings (SSSR count). The Morgan fingerprint density at radius 1 is 1.47 bits per heavy atom. The lowest BCUT2D eigenvalue weighted by Gasteiger charge is -2.30. The van der Waals surface area contributed by atoms with Gasteiger partial charge < -0.3 is 14.4 Å². The predicted octanol–water partition coefficient (Wildman–Crippen LogP) is 1.22. The molecule has 94 valence electrons. The van der Waals surface area contributed by atoms with Gasteiger partial charge in [-0.05, 0) is 13.8 Å². The molecule has 5 heteroatoms. The van der Waals surface area contributed by atoms with Crippen LogP contribution in [0.5, 0.6) is 0 Å². The zero-order chi connectivity index (χ0) is 12.8. The van der Waals surface area contributed by atoms with E-state index in [1.165, 1.54) is 6.39 Å². The Hall–Kier alpha value is -1.36. The standard InChI is InChI=1S/C12H18N2O3/c1-8-9(17-7-13-8)10(15)14-5-11(2,3)12(4,16)6-14/h7,16H,5-6H2,1-4H3/t12-/m1/s1. The molecule has 0 spiro atoms. The number of oxazole rings is 1. The molecule has 17 heavy (non-hydrogen) atoms. The average Bonchev–Trinajstić information content (AvgIpc) is 2.68. The predicted molar refractivity (Wildman–Crippen MR) is 61.5 cm³/mol. The van der Waals surface area contributed by atoms with Crippen LogP contribution in [0.15, 0.2) is 10.8 Å². The van der Waals surface area contributed by atoms with Crippen LogP contribution in [0.3, 0.4) is 0 Å². The Morgan fingerprint density at radius 3 is 2.53 bits per heavy atom. The normalized spacial score (nSPS) is 27.5. The highest BCUT2D eigenvalue weighted by Crippen LogP contribution is 2.38. The van der Waals surface area contributed by atoms with Crippen molar-refractivity contribution >= 4 is 5.91 Å². The van der Waals surface area contributed by atoms with E-state index < -0.39 is 5.60 Å². The summed E-state index contributed by atoms with van der Waals surface area (Å²) in [6.07, 6.45) is 1.27. The molecule has 1 N–H and O–H groups in total. The smallest absolute Gasteiger partial charge is 0.291 e. The molecular formula is C12H18N2O3. The second kappa shape index (κ2) is 3.57.